The van der Waals surface area contributed by atoms with Crippen molar-refractivity contribution in [1.29, 1.82) is 5.26 Å². The van der Waals surface area contributed by atoms with Crippen LogP contribution in [-0.2, 0) is 22.0 Å². The third-order valence-electron chi connectivity index (χ3n) is 5.44. The summed E-state index contributed by atoms with van der Waals surface area (Å²) >= 11 is 6.49. The molecule has 0 unspecified atom stereocenters. The molecule has 1 aromatic heterocycles. The second-order valence-corrected chi connectivity index (χ2v) is 10.7. The van der Waals surface area contributed by atoms with E-state index >= 15 is 0 Å². The van der Waals surface area contributed by atoms with Gasteiger partial charge in [-0.25, -0.2) is 18.4 Å². The van der Waals surface area contributed by atoms with Gasteiger partial charge in [-0.2, -0.15) is 5.26 Å². The Morgan fingerprint density at radius 1 is 1.11 bits per heavy atom. The molecule has 0 saturated carbocycles. The maximum absolute atomic E-state index is 11.4. The number of nitriles is 1. The molecule has 0 aliphatic heterocycles. The van der Waals surface area contributed by atoms with Gasteiger partial charge in [0.1, 0.15) is 25.0 Å². The molecule has 0 radical (unpaired) electrons. The summed E-state index contributed by atoms with van der Waals surface area (Å²) in [6.07, 6.45) is 2.49. The van der Waals surface area contributed by atoms with Gasteiger partial charge in [-0.15, -0.1) is 0 Å². The van der Waals surface area contributed by atoms with E-state index in [9.17, 15) is 13.7 Å². The summed E-state index contributed by atoms with van der Waals surface area (Å²) in [6.45, 7) is 5.28. The summed E-state index contributed by atoms with van der Waals surface area (Å²) in [5.41, 5.74) is 2.34. The zero-order valence-corrected chi connectivity index (χ0v) is 22.1. The highest BCUT2D eigenvalue weighted by Crippen LogP contribution is 2.38. The Morgan fingerprint density at radius 3 is 2.47 bits per heavy atom. The number of sulfonamides is 1. The van der Waals surface area contributed by atoms with Gasteiger partial charge < -0.3 is 14.8 Å². The van der Waals surface area contributed by atoms with Crippen LogP contribution in [0.4, 0.5) is 5.95 Å². The first-order valence-electron chi connectivity index (χ1n) is 11.1. The van der Waals surface area contributed by atoms with E-state index in [2.05, 4.69) is 39.9 Å². The molecule has 0 bridgehead atoms. The molecular formula is C25H28ClN5O4S. The van der Waals surface area contributed by atoms with Crippen molar-refractivity contribution in [3.05, 3.63) is 76.1 Å². The molecule has 0 aliphatic carbocycles. The molecule has 9 nitrogen and oxygen atoms in total. The summed E-state index contributed by atoms with van der Waals surface area (Å²) in [6, 6.07) is 15.1. The van der Waals surface area contributed by atoms with Gasteiger partial charge in [-0.05, 0) is 48.5 Å². The molecule has 0 atom stereocenters. The van der Waals surface area contributed by atoms with Crippen molar-refractivity contribution in [1.82, 2.24) is 15.3 Å². The van der Waals surface area contributed by atoms with E-state index in [0.717, 1.165) is 17.4 Å². The minimum atomic E-state index is -3.47. The fourth-order valence-electron chi connectivity index (χ4n) is 3.42. The van der Waals surface area contributed by atoms with Crippen LogP contribution in [0, 0.1) is 11.3 Å². The third kappa shape index (κ3) is 7.07. The van der Waals surface area contributed by atoms with Crippen LogP contribution in [0.1, 0.15) is 36.2 Å². The van der Waals surface area contributed by atoms with Crippen LogP contribution in [0.5, 0.6) is 11.5 Å². The van der Waals surface area contributed by atoms with E-state index in [0.29, 0.717) is 40.9 Å². The van der Waals surface area contributed by atoms with Crippen molar-refractivity contribution in [2.75, 3.05) is 31.2 Å². The van der Waals surface area contributed by atoms with Crippen LogP contribution in [-0.4, -0.2) is 44.8 Å². The van der Waals surface area contributed by atoms with Crippen LogP contribution < -0.4 is 19.5 Å². The highest BCUT2D eigenvalue weighted by Gasteiger charge is 2.26. The molecule has 36 heavy (non-hydrogen) atoms. The van der Waals surface area contributed by atoms with E-state index in [4.69, 9.17) is 21.1 Å². The minimum Gasteiger partial charge on any atom is -0.489 e. The van der Waals surface area contributed by atoms with Crippen LogP contribution in [0.3, 0.4) is 0 Å². The van der Waals surface area contributed by atoms with Crippen molar-refractivity contribution in [3.63, 3.8) is 0 Å². The van der Waals surface area contributed by atoms with Crippen molar-refractivity contribution in [3.8, 4) is 17.6 Å². The molecule has 2 N–H and O–H groups in total. The Balaban J connectivity index is 1.74. The summed E-state index contributed by atoms with van der Waals surface area (Å²) in [7, 11) is -1.65. The zero-order chi connectivity index (χ0) is 26.3. The van der Waals surface area contributed by atoms with Crippen molar-refractivity contribution in [2.45, 2.75) is 25.9 Å². The number of ether oxygens (including phenoxy) is 2. The minimum absolute atomic E-state index is 0.00968. The molecule has 0 saturated heterocycles. The van der Waals surface area contributed by atoms with Crippen molar-refractivity contribution in [2.24, 2.45) is 0 Å². The fourth-order valence-corrected chi connectivity index (χ4v) is 4.13. The molecule has 0 spiro atoms. The lowest BCUT2D eigenvalue weighted by atomic mass is 9.77. The molecular weight excluding hydrogens is 502 g/mol. The number of anilines is 1. The molecule has 0 aliphatic rings. The largest absolute Gasteiger partial charge is 0.489 e. The Kier molecular flexibility index (Phi) is 8.74. The van der Waals surface area contributed by atoms with E-state index in [-0.39, 0.29) is 12.6 Å². The van der Waals surface area contributed by atoms with E-state index in [1.807, 2.05) is 43.4 Å². The Morgan fingerprint density at radius 2 is 1.83 bits per heavy atom. The average Bonchev–Trinajstić information content (AvgIpc) is 2.83. The molecule has 2 aromatic carbocycles. The molecule has 3 aromatic rings. The highest BCUT2D eigenvalue weighted by molar-refractivity contribution is 7.91. The second-order valence-electron chi connectivity index (χ2n) is 8.58. The Labute approximate surface area is 216 Å². The first-order chi connectivity index (χ1) is 17.0. The Hall–Kier alpha value is -3.39. The van der Waals surface area contributed by atoms with Gasteiger partial charge in [-0.3, -0.25) is 4.72 Å². The number of likely N-dealkylation sites (N-methyl/N-ethyl adjacent to an activating group) is 1. The standard InChI is InChI=1S/C25H28ClN5O4S/c1-25(2,19-13-17(15-27)23(22(26)14-19)34-12-11-28-3)18-5-7-21(8-6-18)35-16-20-9-10-29-24(30-20)31-36(4,32)33/h5-10,13-14,28H,11-12,16H2,1-4H3,(H,29,30,31). The first-order valence-corrected chi connectivity index (χ1v) is 13.3. The third-order valence-corrected chi connectivity index (χ3v) is 6.27. The summed E-state index contributed by atoms with van der Waals surface area (Å²) in [5, 5.41) is 13.0. The lowest BCUT2D eigenvalue weighted by molar-refractivity contribution is 0.301. The van der Waals surface area contributed by atoms with Crippen LogP contribution in [0.15, 0.2) is 48.7 Å². The Bertz CT molecular complexity index is 1360. The van der Waals surface area contributed by atoms with E-state index < -0.39 is 15.4 Å². The number of halogens is 1. The normalized spacial score (nSPS) is 11.6. The lowest BCUT2D eigenvalue weighted by Gasteiger charge is -2.27. The van der Waals surface area contributed by atoms with Gasteiger partial charge in [0, 0.05) is 18.2 Å². The SMILES string of the molecule is CNCCOc1c(Cl)cc(C(C)(C)c2ccc(OCc3ccnc(NS(C)(=O)=O)n3)cc2)cc1C#N. The quantitative estimate of drug-likeness (QED) is 0.358. The molecule has 3 rings (SSSR count). The first kappa shape index (κ1) is 27.2. The summed E-state index contributed by atoms with van der Waals surface area (Å²) in [5.74, 6) is 0.997. The zero-order valence-electron chi connectivity index (χ0n) is 20.5. The summed E-state index contributed by atoms with van der Waals surface area (Å²) < 4.78 is 36.5. The number of aromatic nitrogens is 2. The number of rotatable bonds is 11. The molecule has 0 fully saturated rings. The van der Waals surface area contributed by atoms with E-state index in [1.54, 1.807) is 6.07 Å². The predicted octanol–water partition coefficient (Wildman–Crippen LogP) is 3.88. The topological polar surface area (TPSA) is 126 Å². The second kappa shape index (κ2) is 11.6. The molecule has 1 heterocycles. The smallest absolute Gasteiger partial charge is 0.236 e. The van der Waals surface area contributed by atoms with Crippen molar-refractivity contribution < 1.29 is 17.9 Å². The van der Waals surface area contributed by atoms with Gasteiger partial charge in [0.05, 0.1) is 22.5 Å². The van der Waals surface area contributed by atoms with Crippen LogP contribution in [0.25, 0.3) is 0 Å². The van der Waals surface area contributed by atoms with E-state index in [1.165, 1.54) is 6.20 Å². The number of nitrogens with zero attached hydrogens (tertiary/aromatic N) is 3. The highest BCUT2D eigenvalue weighted by atomic mass is 35.5. The molecule has 190 valence electrons. The average molecular weight is 530 g/mol. The molecule has 11 heteroatoms. The maximum atomic E-state index is 11.4. The fraction of sp³-hybridized carbons (Fsp3) is 0.320. The van der Waals surface area contributed by atoms with Gasteiger partial charge in [0.2, 0.25) is 16.0 Å². The van der Waals surface area contributed by atoms with Gasteiger partial charge >= 0.3 is 0 Å². The van der Waals surface area contributed by atoms with Gasteiger partial charge in [-0.1, -0.05) is 37.6 Å². The van der Waals surface area contributed by atoms with Crippen LogP contribution >= 0.6 is 11.6 Å². The van der Waals surface area contributed by atoms with Gasteiger partial charge in [0.25, 0.3) is 0 Å². The lowest BCUT2D eigenvalue weighted by Crippen LogP contribution is -2.20. The molecule has 0 amide bonds. The number of hydrogen-bond donors (Lipinski definition) is 2. The monoisotopic (exact) mass is 529 g/mol. The maximum Gasteiger partial charge on any atom is 0.236 e. The van der Waals surface area contributed by atoms with Gasteiger partial charge in [0.15, 0.2) is 5.75 Å². The summed E-state index contributed by atoms with van der Waals surface area (Å²) in [4.78, 5) is 8.04. The van der Waals surface area contributed by atoms with Crippen LogP contribution in [0.2, 0.25) is 5.02 Å². The van der Waals surface area contributed by atoms with Crippen molar-refractivity contribution >= 4 is 27.6 Å². The number of benzene rings is 2. The predicted molar refractivity (Wildman–Crippen MR) is 139 cm³/mol. The number of hydrogen-bond acceptors (Lipinski definition) is 8. The number of nitrogens with one attached hydrogen (secondary N) is 2.